The summed E-state index contributed by atoms with van der Waals surface area (Å²) < 4.78 is 50.0. The van der Waals surface area contributed by atoms with Gasteiger partial charge in [0.25, 0.3) is 0 Å². The Balaban J connectivity index is 1.55. The largest absolute Gasteiger partial charge is 0.418 e. The number of methoxy groups -OCH3 is 1. The molecule has 1 saturated carbocycles. The van der Waals surface area contributed by atoms with Crippen molar-refractivity contribution >= 4 is 12.2 Å². The van der Waals surface area contributed by atoms with Crippen molar-refractivity contribution in [1.82, 2.24) is 13.9 Å². The van der Waals surface area contributed by atoms with Crippen LogP contribution in [-0.4, -0.2) is 46.9 Å². The Morgan fingerprint density at radius 3 is 2.61 bits per heavy atom. The van der Waals surface area contributed by atoms with Gasteiger partial charge in [0.15, 0.2) is 0 Å². The number of aliphatic imine (C=N–C) groups is 1. The molecule has 1 aromatic carbocycles. The number of pyridine rings is 1. The lowest BCUT2D eigenvalue weighted by Crippen LogP contribution is -2.50. The number of aromatic nitrogens is 2. The average Bonchev–Trinajstić information content (AvgIpc) is 3.17. The molecule has 0 bridgehead atoms. The summed E-state index contributed by atoms with van der Waals surface area (Å²) in [5, 5.41) is 0. The fraction of sp³-hybridized carbons (Fsp3) is 0.379. The minimum atomic E-state index is -4.60. The van der Waals surface area contributed by atoms with Gasteiger partial charge in [0.1, 0.15) is 0 Å². The van der Waals surface area contributed by atoms with Crippen LogP contribution in [0.5, 0.6) is 0 Å². The Kier molecular flexibility index (Phi) is 6.92. The van der Waals surface area contributed by atoms with Crippen molar-refractivity contribution in [3.63, 3.8) is 0 Å². The number of benzene rings is 1. The Labute approximate surface area is 219 Å². The van der Waals surface area contributed by atoms with Crippen molar-refractivity contribution in [1.29, 1.82) is 0 Å². The van der Waals surface area contributed by atoms with E-state index in [1.807, 2.05) is 29.2 Å². The number of ether oxygens (including phenoxy) is 1. The van der Waals surface area contributed by atoms with E-state index in [9.17, 15) is 18.0 Å². The zero-order chi connectivity index (χ0) is 27.1. The van der Waals surface area contributed by atoms with Crippen molar-refractivity contribution in [2.45, 2.75) is 49.9 Å². The maximum absolute atomic E-state index is 14.1. The summed E-state index contributed by atoms with van der Waals surface area (Å²) in [6, 6.07) is 8.67. The Morgan fingerprint density at radius 1 is 1.24 bits per heavy atom. The van der Waals surface area contributed by atoms with Crippen LogP contribution in [0.4, 0.5) is 13.2 Å². The van der Waals surface area contributed by atoms with Crippen LogP contribution in [-0.2, 0) is 22.9 Å². The first-order chi connectivity index (χ1) is 18.2. The molecule has 1 aliphatic carbocycles. The van der Waals surface area contributed by atoms with Crippen LogP contribution in [0.3, 0.4) is 0 Å². The van der Waals surface area contributed by atoms with Gasteiger partial charge in [-0.15, -0.1) is 0 Å². The van der Waals surface area contributed by atoms with Gasteiger partial charge in [0, 0.05) is 50.2 Å². The summed E-state index contributed by atoms with van der Waals surface area (Å²) in [6.45, 7) is 9.02. The van der Waals surface area contributed by atoms with Crippen molar-refractivity contribution in [2.24, 2.45) is 4.99 Å². The lowest BCUT2D eigenvalue weighted by atomic mass is 9.62. The molecule has 3 aromatic rings. The molecule has 2 aliphatic rings. The third-order valence-corrected chi connectivity index (χ3v) is 7.87. The molecule has 0 radical (unpaired) electrons. The van der Waals surface area contributed by atoms with Crippen LogP contribution in [0, 0.1) is 0 Å². The van der Waals surface area contributed by atoms with Crippen LogP contribution in [0.1, 0.15) is 42.4 Å². The predicted octanol–water partition coefficient (Wildman–Crippen LogP) is 5.52. The summed E-state index contributed by atoms with van der Waals surface area (Å²) in [6.07, 6.45) is 5.47. The van der Waals surface area contributed by atoms with Gasteiger partial charge in [-0.1, -0.05) is 31.2 Å². The molecular formula is C29H31F3N4O2. The molecule has 1 saturated heterocycles. The lowest BCUT2D eigenvalue weighted by molar-refractivity contribution is -0.136. The topological polar surface area (TPSA) is 51.2 Å². The first kappa shape index (κ1) is 26.2. The van der Waals surface area contributed by atoms with E-state index in [0.29, 0.717) is 37.3 Å². The molecule has 6 nitrogen and oxygen atoms in total. The second kappa shape index (κ2) is 10.0. The third-order valence-electron chi connectivity index (χ3n) is 7.87. The quantitative estimate of drug-likeness (QED) is 0.274. The van der Waals surface area contributed by atoms with Crippen molar-refractivity contribution in [3.8, 4) is 5.69 Å². The molecule has 0 amide bonds. The fourth-order valence-corrected chi connectivity index (χ4v) is 5.61. The molecule has 9 heteroatoms. The number of hydrogen-bond donors (Lipinski definition) is 0. The van der Waals surface area contributed by atoms with E-state index in [4.69, 9.17) is 4.74 Å². The van der Waals surface area contributed by atoms with Crippen LogP contribution < -0.4 is 5.69 Å². The Bertz CT molecular complexity index is 1460. The molecule has 0 spiro atoms. The van der Waals surface area contributed by atoms with E-state index in [1.54, 1.807) is 19.3 Å². The van der Waals surface area contributed by atoms with Crippen LogP contribution in [0.2, 0.25) is 0 Å². The lowest BCUT2D eigenvalue weighted by Gasteiger charge is -2.43. The predicted molar refractivity (Wildman–Crippen MR) is 142 cm³/mol. The maximum atomic E-state index is 14.1. The van der Waals surface area contributed by atoms with Crippen molar-refractivity contribution in [3.05, 3.63) is 94.3 Å². The van der Waals surface area contributed by atoms with Crippen molar-refractivity contribution < 1.29 is 17.9 Å². The highest BCUT2D eigenvalue weighted by Crippen LogP contribution is 2.48. The summed E-state index contributed by atoms with van der Waals surface area (Å²) in [4.78, 5) is 19.6. The smallest absolute Gasteiger partial charge is 0.379 e. The Hall–Kier alpha value is -3.43. The number of alkyl halides is 3. The van der Waals surface area contributed by atoms with Gasteiger partial charge in [0.2, 0.25) is 0 Å². The Morgan fingerprint density at radius 2 is 2.00 bits per heavy atom. The number of rotatable bonds is 9. The number of fused-ring (bicyclic) bond motifs is 1. The number of nitrogens with zero attached hydrogens (tertiary/aromatic N) is 4. The zero-order valence-corrected chi connectivity index (χ0v) is 21.4. The summed E-state index contributed by atoms with van der Waals surface area (Å²) in [5.41, 5.74) is 1.14. The van der Waals surface area contributed by atoms with Crippen LogP contribution in [0.25, 0.3) is 11.2 Å². The summed E-state index contributed by atoms with van der Waals surface area (Å²) in [5.74, 6) is 0. The molecule has 200 valence electrons. The number of allylic oxidation sites excluding steroid dienone is 3. The first-order valence-corrected chi connectivity index (χ1v) is 12.7. The number of halogens is 3. The van der Waals surface area contributed by atoms with Gasteiger partial charge in [-0.25, -0.2) is 4.79 Å². The molecule has 5 rings (SSSR count). The van der Waals surface area contributed by atoms with Gasteiger partial charge in [-0.05, 0) is 61.4 Å². The second-order valence-corrected chi connectivity index (χ2v) is 10.3. The van der Waals surface area contributed by atoms with E-state index in [1.165, 1.54) is 17.0 Å². The molecule has 2 fully saturated rings. The van der Waals surface area contributed by atoms with Crippen LogP contribution >= 0.6 is 0 Å². The maximum Gasteiger partial charge on any atom is 0.418 e. The number of likely N-dealkylation sites (tertiary alicyclic amines) is 1. The van der Waals surface area contributed by atoms with Gasteiger partial charge in [0.05, 0.1) is 22.9 Å². The highest BCUT2D eigenvalue weighted by atomic mass is 19.4. The van der Waals surface area contributed by atoms with Gasteiger partial charge in [-0.2, -0.15) is 13.2 Å². The van der Waals surface area contributed by atoms with E-state index >= 15 is 0 Å². The number of imidazole rings is 1. The monoisotopic (exact) mass is 524 g/mol. The summed E-state index contributed by atoms with van der Waals surface area (Å²) >= 11 is 0. The zero-order valence-electron chi connectivity index (χ0n) is 21.4. The van der Waals surface area contributed by atoms with E-state index < -0.39 is 17.4 Å². The SMILES string of the molecule is C=C/C=C(/CC1(c2cccc(-n3cc4c(C(F)(F)F)cc(CN5CC(OC)C5)cn4c3=O)c2)CCC1)N=C. The first-order valence-electron chi connectivity index (χ1n) is 12.7. The molecule has 0 unspecified atom stereocenters. The molecule has 38 heavy (non-hydrogen) atoms. The van der Waals surface area contributed by atoms with Crippen molar-refractivity contribution in [2.75, 3.05) is 20.2 Å². The average molecular weight is 525 g/mol. The standard InChI is InChI=1S/C29H31F3N4O2/c1-4-7-22(33-2)14-28(10-6-11-28)21-8-5-9-23(13-21)35-19-26-25(29(30,31)32)12-20(16-36(26)27(35)37)15-34-17-24(18-34)38-3/h4-5,7-9,12-13,16,19,24H,1-2,6,10-11,14-15,17-18H2,3H3/b22-7-. The highest BCUT2D eigenvalue weighted by molar-refractivity contribution is 5.58. The molecular weight excluding hydrogens is 493 g/mol. The molecule has 0 N–H and O–H groups in total. The third kappa shape index (κ3) is 4.76. The normalized spacial score (nSPS) is 18.3. The summed E-state index contributed by atoms with van der Waals surface area (Å²) in [7, 11) is 1.62. The number of hydrogen-bond acceptors (Lipinski definition) is 4. The highest BCUT2D eigenvalue weighted by Gasteiger charge is 2.39. The van der Waals surface area contributed by atoms with Gasteiger partial charge < -0.3 is 4.74 Å². The molecule has 1 aliphatic heterocycles. The van der Waals surface area contributed by atoms with E-state index in [-0.39, 0.29) is 17.0 Å². The van der Waals surface area contributed by atoms with E-state index in [0.717, 1.165) is 41.0 Å². The molecule has 3 heterocycles. The fourth-order valence-electron chi connectivity index (χ4n) is 5.61. The van der Waals surface area contributed by atoms with Gasteiger partial charge >= 0.3 is 11.9 Å². The minimum absolute atomic E-state index is 0.0847. The van der Waals surface area contributed by atoms with E-state index in [2.05, 4.69) is 18.3 Å². The molecule has 2 aromatic heterocycles. The minimum Gasteiger partial charge on any atom is -0.379 e. The van der Waals surface area contributed by atoms with Crippen LogP contribution in [0.15, 0.2) is 76.9 Å². The second-order valence-electron chi connectivity index (χ2n) is 10.3. The molecule has 0 atom stereocenters. The van der Waals surface area contributed by atoms with Gasteiger partial charge in [-0.3, -0.25) is 18.9 Å².